The Kier molecular flexibility index (Phi) is 2.73. The number of para-hydroxylation sites is 1. The fourth-order valence-corrected chi connectivity index (χ4v) is 2.03. The summed E-state index contributed by atoms with van der Waals surface area (Å²) in [6.07, 6.45) is 0. The van der Waals surface area contributed by atoms with Crippen molar-refractivity contribution in [3.05, 3.63) is 23.8 Å². The molecule has 4 nitrogen and oxygen atoms in total. The van der Waals surface area contributed by atoms with E-state index >= 15 is 0 Å². The summed E-state index contributed by atoms with van der Waals surface area (Å²) in [6.45, 7) is 5.12. The molecule has 1 aliphatic heterocycles. The third-order valence-corrected chi connectivity index (χ3v) is 3.41. The number of nitrogens with zero attached hydrogens (tertiary/aromatic N) is 1. The number of likely N-dealkylation sites (N-methyl/N-ethyl adjacent to an activating group) is 1. The molecule has 0 fully saturated rings. The summed E-state index contributed by atoms with van der Waals surface area (Å²) in [7, 11) is 3.44. The Morgan fingerprint density at radius 1 is 1.47 bits per heavy atom. The Morgan fingerprint density at radius 3 is 2.82 bits per heavy atom. The maximum absolute atomic E-state index is 11.7. The van der Waals surface area contributed by atoms with Gasteiger partial charge in [0.05, 0.1) is 29.6 Å². The largest absolute Gasteiger partial charge is 0.465 e. The van der Waals surface area contributed by atoms with E-state index in [2.05, 4.69) is 24.1 Å². The van der Waals surface area contributed by atoms with Crippen molar-refractivity contribution < 1.29 is 9.53 Å². The molecule has 4 heteroatoms. The van der Waals surface area contributed by atoms with Crippen LogP contribution in [-0.4, -0.2) is 32.2 Å². The number of carbonyl (C=O) groups excluding carboxylic acids is 1. The molecule has 0 spiro atoms. The molecule has 1 heterocycles. The van der Waals surface area contributed by atoms with Gasteiger partial charge in [-0.1, -0.05) is 6.07 Å². The third-order valence-electron chi connectivity index (χ3n) is 3.41. The first kappa shape index (κ1) is 11.8. The van der Waals surface area contributed by atoms with Crippen molar-refractivity contribution in [1.82, 2.24) is 0 Å². The normalized spacial score (nSPS) is 17.1. The predicted molar refractivity (Wildman–Crippen MR) is 68.8 cm³/mol. The van der Waals surface area contributed by atoms with Crippen LogP contribution in [0.2, 0.25) is 0 Å². The van der Waals surface area contributed by atoms with E-state index in [1.54, 1.807) is 6.07 Å². The second kappa shape index (κ2) is 3.95. The first-order chi connectivity index (χ1) is 7.97. The number of rotatable bonds is 1. The van der Waals surface area contributed by atoms with Gasteiger partial charge in [-0.05, 0) is 26.0 Å². The Morgan fingerprint density at radius 2 is 2.18 bits per heavy atom. The van der Waals surface area contributed by atoms with Crippen molar-refractivity contribution in [3.63, 3.8) is 0 Å². The molecule has 1 aromatic rings. The molecule has 92 valence electrons. The molecule has 2 rings (SSSR count). The molecule has 0 radical (unpaired) electrons. The van der Waals surface area contributed by atoms with E-state index in [0.717, 1.165) is 17.9 Å². The number of nitrogens with one attached hydrogen (secondary N) is 1. The first-order valence-corrected chi connectivity index (χ1v) is 5.66. The molecule has 0 saturated carbocycles. The highest BCUT2D eigenvalue weighted by molar-refractivity contribution is 5.99. The van der Waals surface area contributed by atoms with Gasteiger partial charge in [0.15, 0.2) is 0 Å². The molecule has 0 amide bonds. The van der Waals surface area contributed by atoms with Gasteiger partial charge in [-0.15, -0.1) is 0 Å². The number of methoxy groups -OCH3 is 1. The molecule has 0 atom stereocenters. The molecule has 0 saturated heterocycles. The molecule has 17 heavy (non-hydrogen) atoms. The molecule has 0 unspecified atom stereocenters. The Balaban J connectivity index is 2.51. The lowest BCUT2D eigenvalue weighted by atomic mass is 9.97. The number of carbonyl (C=O) groups is 1. The predicted octanol–water partition coefficient (Wildman–Crippen LogP) is 2.11. The molecule has 1 aliphatic rings. The average Bonchev–Trinajstić information content (AvgIpc) is 2.32. The van der Waals surface area contributed by atoms with Gasteiger partial charge >= 0.3 is 5.97 Å². The smallest absolute Gasteiger partial charge is 0.340 e. The highest BCUT2D eigenvalue weighted by Crippen LogP contribution is 2.37. The maximum Gasteiger partial charge on any atom is 0.340 e. The molecule has 0 aromatic heterocycles. The molecular formula is C13H18N2O2. The number of hydrogen-bond acceptors (Lipinski definition) is 4. The van der Waals surface area contributed by atoms with Crippen molar-refractivity contribution in [1.29, 1.82) is 0 Å². The van der Waals surface area contributed by atoms with E-state index in [9.17, 15) is 4.79 Å². The topological polar surface area (TPSA) is 41.6 Å². The number of anilines is 2. The second-order valence-corrected chi connectivity index (χ2v) is 4.92. The van der Waals surface area contributed by atoms with Gasteiger partial charge in [-0.25, -0.2) is 4.79 Å². The number of benzene rings is 1. The molecule has 0 aliphatic carbocycles. The lowest BCUT2D eigenvalue weighted by Crippen LogP contribution is -2.50. The van der Waals surface area contributed by atoms with E-state index < -0.39 is 0 Å². The number of ether oxygens (including phenoxy) is 1. The van der Waals surface area contributed by atoms with Gasteiger partial charge in [0.25, 0.3) is 0 Å². The van der Waals surface area contributed by atoms with E-state index in [1.165, 1.54) is 7.11 Å². The highest BCUT2D eigenvalue weighted by atomic mass is 16.5. The Labute approximate surface area is 102 Å². The van der Waals surface area contributed by atoms with E-state index in [0.29, 0.717) is 5.56 Å². The summed E-state index contributed by atoms with van der Waals surface area (Å²) in [5.41, 5.74) is 2.51. The van der Waals surface area contributed by atoms with Crippen LogP contribution in [0.4, 0.5) is 11.4 Å². The van der Waals surface area contributed by atoms with Crippen LogP contribution in [0, 0.1) is 0 Å². The van der Waals surface area contributed by atoms with Gasteiger partial charge in [0.2, 0.25) is 0 Å². The van der Waals surface area contributed by atoms with E-state index in [4.69, 9.17) is 4.74 Å². The van der Waals surface area contributed by atoms with Crippen molar-refractivity contribution in [2.75, 3.05) is 30.9 Å². The van der Waals surface area contributed by atoms with Crippen LogP contribution in [0.1, 0.15) is 24.2 Å². The number of hydrogen-bond donors (Lipinski definition) is 1. The summed E-state index contributed by atoms with van der Waals surface area (Å²) in [5, 5.41) is 3.32. The third kappa shape index (κ3) is 1.84. The maximum atomic E-state index is 11.7. The van der Waals surface area contributed by atoms with Crippen LogP contribution < -0.4 is 10.2 Å². The minimum atomic E-state index is -0.303. The zero-order chi connectivity index (χ0) is 12.6. The monoisotopic (exact) mass is 234 g/mol. The summed E-state index contributed by atoms with van der Waals surface area (Å²) in [4.78, 5) is 13.9. The summed E-state index contributed by atoms with van der Waals surface area (Å²) >= 11 is 0. The average molecular weight is 234 g/mol. The first-order valence-electron chi connectivity index (χ1n) is 5.66. The highest BCUT2D eigenvalue weighted by Gasteiger charge is 2.31. The molecule has 1 aromatic carbocycles. The van der Waals surface area contributed by atoms with Gasteiger partial charge in [0.1, 0.15) is 0 Å². The second-order valence-electron chi connectivity index (χ2n) is 4.92. The number of esters is 1. The van der Waals surface area contributed by atoms with Crippen molar-refractivity contribution >= 4 is 17.3 Å². The van der Waals surface area contributed by atoms with Crippen LogP contribution in [0.15, 0.2) is 18.2 Å². The van der Waals surface area contributed by atoms with Crippen LogP contribution in [0.3, 0.4) is 0 Å². The fraction of sp³-hybridized carbons (Fsp3) is 0.462. The van der Waals surface area contributed by atoms with Gasteiger partial charge in [-0.3, -0.25) is 0 Å². The van der Waals surface area contributed by atoms with Crippen LogP contribution in [0.25, 0.3) is 0 Å². The van der Waals surface area contributed by atoms with Crippen LogP contribution in [-0.2, 0) is 4.74 Å². The minimum Gasteiger partial charge on any atom is -0.465 e. The standard InChI is InChI=1S/C13H18N2O2/c1-13(2)8-14-11-9(12(16)17-4)6-5-7-10(11)15(13)3/h5-7,14H,8H2,1-4H3. The number of fused-ring (bicyclic) bond motifs is 1. The zero-order valence-electron chi connectivity index (χ0n) is 10.7. The van der Waals surface area contributed by atoms with Crippen LogP contribution in [0.5, 0.6) is 0 Å². The summed E-state index contributed by atoms with van der Waals surface area (Å²) in [5.74, 6) is -0.303. The molecule has 1 N–H and O–H groups in total. The molecular weight excluding hydrogens is 216 g/mol. The van der Waals surface area contributed by atoms with E-state index in [1.807, 2.05) is 19.2 Å². The quantitative estimate of drug-likeness (QED) is 0.756. The Bertz CT molecular complexity index is 455. The summed E-state index contributed by atoms with van der Waals surface area (Å²) in [6, 6.07) is 5.67. The van der Waals surface area contributed by atoms with Gasteiger partial charge < -0.3 is 15.0 Å². The molecule has 0 bridgehead atoms. The van der Waals surface area contributed by atoms with Crippen molar-refractivity contribution in [2.45, 2.75) is 19.4 Å². The van der Waals surface area contributed by atoms with Crippen molar-refractivity contribution in [3.8, 4) is 0 Å². The lowest BCUT2D eigenvalue weighted by molar-refractivity contribution is 0.0601. The minimum absolute atomic E-state index is 0.0295. The zero-order valence-corrected chi connectivity index (χ0v) is 10.7. The van der Waals surface area contributed by atoms with Gasteiger partial charge in [-0.2, -0.15) is 0 Å². The lowest BCUT2D eigenvalue weighted by Gasteiger charge is -2.43. The summed E-state index contributed by atoms with van der Waals surface area (Å²) < 4.78 is 4.79. The van der Waals surface area contributed by atoms with Crippen molar-refractivity contribution in [2.24, 2.45) is 0 Å². The Hall–Kier alpha value is -1.71. The van der Waals surface area contributed by atoms with Crippen LogP contribution >= 0.6 is 0 Å². The van der Waals surface area contributed by atoms with E-state index in [-0.39, 0.29) is 11.5 Å². The SMILES string of the molecule is COC(=O)c1cccc2c1NCC(C)(C)N2C. The fourth-order valence-electron chi connectivity index (χ4n) is 2.03. The van der Waals surface area contributed by atoms with Gasteiger partial charge in [0, 0.05) is 13.6 Å².